The number of hydrogen-bond donors (Lipinski definition) is 1. The van der Waals surface area contributed by atoms with Crippen LogP contribution < -0.4 is 5.73 Å². The zero-order valence-corrected chi connectivity index (χ0v) is 19.2. The maximum absolute atomic E-state index is 6.27. The van der Waals surface area contributed by atoms with Gasteiger partial charge in [-0.1, -0.05) is 75.9 Å². The molecule has 2 N–H and O–H groups in total. The van der Waals surface area contributed by atoms with Crippen LogP contribution in [-0.4, -0.2) is 10.2 Å². The van der Waals surface area contributed by atoms with Gasteiger partial charge in [-0.05, 0) is 65.0 Å². The van der Waals surface area contributed by atoms with Crippen molar-refractivity contribution in [2.24, 2.45) is 11.7 Å². The number of nitrogens with zero attached hydrogens (tertiary/aromatic N) is 2. The third-order valence-electron chi connectivity index (χ3n) is 6.46. The zero-order chi connectivity index (χ0) is 21.4. The molecule has 0 spiro atoms. The number of nitrogens with two attached hydrogens (primary N) is 1. The number of aromatic nitrogens is 2. The summed E-state index contributed by atoms with van der Waals surface area (Å²) in [7, 11) is 0. The van der Waals surface area contributed by atoms with E-state index in [4.69, 9.17) is 5.73 Å². The first-order valence-corrected chi connectivity index (χ1v) is 11.8. The lowest BCUT2D eigenvalue weighted by molar-refractivity contribution is 0.713. The summed E-state index contributed by atoms with van der Waals surface area (Å²) in [6.45, 7) is 13.3. The maximum atomic E-state index is 6.27. The molecule has 2 aromatic carbocycles. The van der Waals surface area contributed by atoms with E-state index in [9.17, 15) is 0 Å². The predicted octanol–water partition coefficient (Wildman–Crippen LogP) is 7.00. The lowest BCUT2D eigenvalue weighted by Gasteiger charge is -2.19. The van der Waals surface area contributed by atoms with E-state index in [0.29, 0.717) is 11.8 Å². The maximum Gasteiger partial charge on any atom is 0.148 e. The zero-order valence-electron chi connectivity index (χ0n) is 18.4. The molecule has 156 valence electrons. The van der Waals surface area contributed by atoms with Crippen molar-refractivity contribution >= 4 is 16.9 Å². The molecule has 4 heteroatoms. The Morgan fingerprint density at radius 2 is 1.93 bits per heavy atom. The van der Waals surface area contributed by atoms with Crippen LogP contribution in [0.5, 0.6) is 0 Å². The van der Waals surface area contributed by atoms with Crippen LogP contribution in [-0.2, 0) is 6.42 Å². The highest BCUT2D eigenvalue weighted by Crippen LogP contribution is 2.40. The van der Waals surface area contributed by atoms with Gasteiger partial charge in [0.1, 0.15) is 10.0 Å². The summed E-state index contributed by atoms with van der Waals surface area (Å²) in [5.74, 6) is 0.903. The third-order valence-corrected chi connectivity index (χ3v) is 7.46. The molecule has 1 aliphatic rings. The van der Waals surface area contributed by atoms with Crippen LogP contribution >= 0.6 is 11.3 Å². The van der Waals surface area contributed by atoms with Gasteiger partial charge in [-0.15, -0.1) is 10.2 Å². The summed E-state index contributed by atoms with van der Waals surface area (Å²) in [4.78, 5) is 0. The average molecular weight is 418 g/mol. The van der Waals surface area contributed by atoms with Crippen LogP contribution in [0.3, 0.4) is 0 Å². The van der Waals surface area contributed by atoms with E-state index >= 15 is 0 Å². The summed E-state index contributed by atoms with van der Waals surface area (Å²) in [6.07, 6.45) is 3.13. The standard InChI is InChI=1S/C26H31N3S/c1-6-16(4)23-14-18(10-11-19(23)17(5)15(2)3)25-28-29-26(30-25)22-9-7-8-21-20(22)12-13-24(21)27/h7-11,14-16,24H,5-6,12-13,27H2,1-4H3. The molecule has 2 atom stereocenters. The van der Waals surface area contributed by atoms with Crippen molar-refractivity contribution in [1.29, 1.82) is 0 Å². The number of fused-ring (bicyclic) bond motifs is 1. The molecule has 0 radical (unpaired) electrons. The second-order valence-corrected chi connectivity index (χ2v) is 9.70. The molecule has 0 saturated heterocycles. The van der Waals surface area contributed by atoms with Gasteiger partial charge in [0.15, 0.2) is 0 Å². The van der Waals surface area contributed by atoms with E-state index in [1.807, 2.05) is 0 Å². The Bertz CT molecular complexity index is 1080. The SMILES string of the molecule is C=C(c1ccc(-c2nnc(-c3cccc4c3CCC4N)s2)cc1C(C)CC)C(C)C. The summed E-state index contributed by atoms with van der Waals surface area (Å²) < 4.78 is 0. The molecule has 4 rings (SSSR count). The molecule has 0 bridgehead atoms. The molecule has 1 heterocycles. The molecule has 3 nitrogen and oxygen atoms in total. The van der Waals surface area contributed by atoms with E-state index in [1.54, 1.807) is 11.3 Å². The van der Waals surface area contributed by atoms with Gasteiger partial charge in [0.25, 0.3) is 0 Å². The Balaban J connectivity index is 1.73. The van der Waals surface area contributed by atoms with E-state index in [1.165, 1.54) is 33.4 Å². The van der Waals surface area contributed by atoms with Crippen molar-refractivity contribution < 1.29 is 0 Å². The lowest BCUT2D eigenvalue weighted by Crippen LogP contribution is -2.04. The van der Waals surface area contributed by atoms with Gasteiger partial charge in [-0.25, -0.2) is 0 Å². The third kappa shape index (κ3) is 3.75. The normalized spacial score (nSPS) is 16.7. The van der Waals surface area contributed by atoms with Gasteiger partial charge in [0, 0.05) is 17.2 Å². The summed E-state index contributed by atoms with van der Waals surface area (Å²) >= 11 is 1.67. The minimum absolute atomic E-state index is 0.145. The summed E-state index contributed by atoms with van der Waals surface area (Å²) in [5, 5.41) is 11.1. The molecule has 1 aliphatic carbocycles. The molecule has 0 saturated carbocycles. The van der Waals surface area contributed by atoms with Crippen molar-refractivity contribution in [2.75, 3.05) is 0 Å². The fraction of sp³-hybridized carbons (Fsp3) is 0.385. The second kappa shape index (κ2) is 8.44. The van der Waals surface area contributed by atoms with Crippen LogP contribution in [0.25, 0.3) is 26.7 Å². The fourth-order valence-corrected chi connectivity index (χ4v) is 5.15. The molecule has 2 unspecified atom stereocenters. The molecule has 0 aliphatic heterocycles. The van der Waals surface area contributed by atoms with E-state index in [2.05, 4.69) is 80.9 Å². The van der Waals surface area contributed by atoms with Crippen LogP contribution in [0.15, 0.2) is 43.0 Å². The Morgan fingerprint density at radius 3 is 2.67 bits per heavy atom. The van der Waals surface area contributed by atoms with Gasteiger partial charge < -0.3 is 5.73 Å². The van der Waals surface area contributed by atoms with E-state index in [0.717, 1.165) is 34.8 Å². The predicted molar refractivity (Wildman–Crippen MR) is 129 cm³/mol. The molecular formula is C26H31N3S. The Kier molecular flexibility index (Phi) is 5.90. The van der Waals surface area contributed by atoms with Crippen molar-refractivity contribution in [3.05, 3.63) is 65.2 Å². The summed E-state index contributed by atoms with van der Waals surface area (Å²) in [5.41, 5.74) is 15.0. The lowest BCUT2D eigenvalue weighted by atomic mass is 9.86. The summed E-state index contributed by atoms with van der Waals surface area (Å²) in [6, 6.07) is 13.2. The van der Waals surface area contributed by atoms with Gasteiger partial charge in [-0.2, -0.15) is 0 Å². The van der Waals surface area contributed by atoms with Gasteiger partial charge in [0.2, 0.25) is 0 Å². The Labute approximate surface area is 184 Å². The molecule has 3 aromatic rings. The van der Waals surface area contributed by atoms with E-state index < -0.39 is 0 Å². The first-order valence-electron chi connectivity index (χ1n) is 10.9. The van der Waals surface area contributed by atoms with Gasteiger partial charge >= 0.3 is 0 Å². The smallest absolute Gasteiger partial charge is 0.148 e. The van der Waals surface area contributed by atoms with Crippen molar-refractivity contribution in [1.82, 2.24) is 10.2 Å². The van der Waals surface area contributed by atoms with Crippen molar-refractivity contribution in [3.63, 3.8) is 0 Å². The highest BCUT2D eigenvalue weighted by atomic mass is 32.1. The van der Waals surface area contributed by atoms with Crippen molar-refractivity contribution in [2.45, 2.75) is 58.9 Å². The number of allylic oxidation sites excluding steroid dienone is 1. The molecule has 0 amide bonds. The Hall–Kier alpha value is -2.30. The minimum Gasteiger partial charge on any atom is -0.324 e. The minimum atomic E-state index is 0.145. The van der Waals surface area contributed by atoms with E-state index in [-0.39, 0.29) is 6.04 Å². The van der Waals surface area contributed by atoms with Crippen LogP contribution in [0.4, 0.5) is 0 Å². The quantitative estimate of drug-likeness (QED) is 0.470. The van der Waals surface area contributed by atoms with Crippen LogP contribution in [0, 0.1) is 5.92 Å². The monoisotopic (exact) mass is 417 g/mol. The fourth-order valence-electron chi connectivity index (χ4n) is 4.26. The van der Waals surface area contributed by atoms with Gasteiger partial charge in [0.05, 0.1) is 0 Å². The molecule has 1 aromatic heterocycles. The number of hydrogen-bond acceptors (Lipinski definition) is 4. The second-order valence-electron chi connectivity index (χ2n) is 8.72. The first kappa shape index (κ1) is 21.0. The topological polar surface area (TPSA) is 51.8 Å². The number of benzene rings is 2. The van der Waals surface area contributed by atoms with Gasteiger partial charge in [-0.3, -0.25) is 0 Å². The first-order chi connectivity index (χ1) is 14.4. The highest BCUT2D eigenvalue weighted by molar-refractivity contribution is 7.17. The number of rotatable bonds is 6. The van der Waals surface area contributed by atoms with Crippen molar-refractivity contribution in [3.8, 4) is 21.1 Å². The van der Waals surface area contributed by atoms with Crippen LogP contribution in [0.1, 0.15) is 74.8 Å². The van der Waals surface area contributed by atoms with Crippen LogP contribution in [0.2, 0.25) is 0 Å². The molecule has 0 fully saturated rings. The average Bonchev–Trinajstić information content (AvgIpc) is 3.39. The largest absolute Gasteiger partial charge is 0.324 e. The highest BCUT2D eigenvalue weighted by Gasteiger charge is 2.24. The molecular weight excluding hydrogens is 386 g/mol. The molecule has 30 heavy (non-hydrogen) atoms. The Morgan fingerprint density at radius 1 is 1.17 bits per heavy atom.